The molecule has 2 heterocycles. The third-order valence-electron chi connectivity index (χ3n) is 6.15. The van der Waals surface area contributed by atoms with Gasteiger partial charge in [-0.2, -0.15) is 0 Å². The maximum atomic E-state index is 12.4. The van der Waals surface area contributed by atoms with Gasteiger partial charge in [-0.1, -0.05) is 0 Å². The summed E-state index contributed by atoms with van der Waals surface area (Å²) < 4.78 is 4.97. The number of carbonyl (C=O) groups excluding carboxylic acids is 2. The van der Waals surface area contributed by atoms with E-state index in [1.807, 2.05) is 6.92 Å². The number of esters is 1. The first-order chi connectivity index (χ1) is 11.9. The fourth-order valence-electron chi connectivity index (χ4n) is 4.20. The van der Waals surface area contributed by atoms with Gasteiger partial charge in [-0.05, 0) is 44.6 Å². The van der Waals surface area contributed by atoms with E-state index < -0.39 is 6.04 Å². The van der Waals surface area contributed by atoms with Gasteiger partial charge in [0.2, 0.25) is 5.91 Å². The van der Waals surface area contributed by atoms with E-state index in [4.69, 9.17) is 4.74 Å². The molecule has 0 bridgehead atoms. The average molecular weight is 426 g/mol. The van der Waals surface area contributed by atoms with Crippen molar-refractivity contribution in [1.82, 2.24) is 15.1 Å². The molecule has 7 nitrogen and oxygen atoms in total. The molecule has 1 amide bonds. The Morgan fingerprint density at radius 1 is 1.33 bits per heavy atom. The molecule has 2 N–H and O–H groups in total. The first-order valence-electron chi connectivity index (χ1n) is 9.46. The fraction of sp³-hybridized carbons (Fsp3) is 0.889. The SMILES string of the molecule is COC(=O)[C@H](CCN1CCC2(CC2)[C@H](O)C1)N1C[C@@H](C)NCCC1=O.Cl.Cl. The molecule has 0 radical (unpaired) electrons. The van der Waals surface area contributed by atoms with E-state index in [1.54, 1.807) is 4.90 Å². The Balaban J connectivity index is 0.00000182. The number of nitrogens with one attached hydrogen (secondary N) is 1. The van der Waals surface area contributed by atoms with Crippen LogP contribution in [0, 0.1) is 5.41 Å². The summed E-state index contributed by atoms with van der Waals surface area (Å²) in [6, 6.07) is -0.390. The van der Waals surface area contributed by atoms with Crippen LogP contribution in [0.2, 0.25) is 0 Å². The predicted molar refractivity (Wildman–Crippen MR) is 107 cm³/mol. The first kappa shape index (κ1) is 24.4. The normalized spacial score (nSPS) is 28.6. The molecule has 3 aliphatic rings. The molecular weight excluding hydrogens is 393 g/mol. The summed E-state index contributed by atoms with van der Waals surface area (Å²) in [5, 5.41) is 13.6. The Morgan fingerprint density at radius 3 is 2.63 bits per heavy atom. The zero-order valence-electron chi connectivity index (χ0n) is 16.2. The van der Waals surface area contributed by atoms with Gasteiger partial charge < -0.3 is 25.0 Å². The molecule has 3 atom stereocenters. The lowest BCUT2D eigenvalue weighted by Crippen LogP contribution is -2.51. The van der Waals surface area contributed by atoms with Crippen LogP contribution in [0.1, 0.15) is 39.0 Å². The topological polar surface area (TPSA) is 82.1 Å². The quantitative estimate of drug-likeness (QED) is 0.634. The van der Waals surface area contributed by atoms with Crippen LogP contribution in [0.25, 0.3) is 0 Å². The highest BCUT2D eigenvalue weighted by molar-refractivity contribution is 5.86. The highest BCUT2D eigenvalue weighted by atomic mass is 35.5. The lowest BCUT2D eigenvalue weighted by atomic mass is 9.90. The summed E-state index contributed by atoms with van der Waals surface area (Å²) in [4.78, 5) is 28.7. The van der Waals surface area contributed by atoms with Crippen molar-refractivity contribution in [1.29, 1.82) is 0 Å². The number of hydrogen-bond acceptors (Lipinski definition) is 6. The van der Waals surface area contributed by atoms with Crippen molar-refractivity contribution in [3.05, 3.63) is 0 Å². The molecule has 1 spiro atoms. The van der Waals surface area contributed by atoms with E-state index in [-0.39, 0.29) is 54.3 Å². The summed E-state index contributed by atoms with van der Waals surface area (Å²) in [5.74, 6) is -0.346. The molecule has 2 saturated heterocycles. The van der Waals surface area contributed by atoms with Crippen LogP contribution in [-0.2, 0) is 14.3 Å². The van der Waals surface area contributed by atoms with Crippen LogP contribution in [0.15, 0.2) is 0 Å². The van der Waals surface area contributed by atoms with Crippen molar-refractivity contribution in [3.8, 4) is 0 Å². The van der Waals surface area contributed by atoms with Crippen molar-refractivity contribution in [2.24, 2.45) is 5.41 Å². The Bertz CT molecular complexity index is 519. The Labute approximate surface area is 174 Å². The number of hydrogen-bond donors (Lipinski definition) is 2. The second-order valence-electron chi connectivity index (χ2n) is 7.91. The largest absolute Gasteiger partial charge is 0.467 e. The molecule has 3 rings (SSSR count). The molecule has 0 aromatic heterocycles. The Hall–Kier alpha value is -0.600. The van der Waals surface area contributed by atoms with Crippen molar-refractivity contribution < 1.29 is 19.4 Å². The molecule has 0 aromatic rings. The Morgan fingerprint density at radius 2 is 2.04 bits per heavy atom. The molecule has 9 heteroatoms. The fourth-order valence-corrected chi connectivity index (χ4v) is 4.20. The number of aliphatic hydroxyl groups is 1. The molecule has 0 unspecified atom stereocenters. The molecule has 158 valence electrons. The monoisotopic (exact) mass is 425 g/mol. The smallest absolute Gasteiger partial charge is 0.328 e. The summed E-state index contributed by atoms with van der Waals surface area (Å²) in [6.07, 6.45) is 4.00. The van der Waals surface area contributed by atoms with Crippen LogP contribution in [-0.4, -0.2) is 84.8 Å². The number of ether oxygens (including phenoxy) is 1. The zero-order chi connectivity index (χ0) is 18.0. The zero-order valence-corrected chi connectivity index (χ0v) is 17.8. The summed E-state index contributed by atoms with van der Waals surface area (Å²) in [5.41, 5.74) is 0.181. The average Bonchev–Trinajstić information content (AvgIpc) is 3.38. The number of piperidine rings is 1. The number of rotatable bonds is 5. The molecule has 2 aliphatic heterocycles. The molecule has 27 heavy (non-hydrogen) atoms. The number of nitrogens with zero attached hydrogens (tertiary/aromatic N) is 2. The number of methoxy groups -OCH3 is 1. The van der Waals surface area contributed by atoms with Crippen LogP contribution >= 0.6 is 24.8 Å². The molecule has 1 aliphatic carbocycles. The van der Waals surface area contributed by atoms with Gasteiger partial charge in [0, 0.05) is 38.6 Å². The van der Waals surface area contributed by atoms with Crippen LogP contribution in [0.5, 0.6) is 0 Å². The third-order valence-corrected chi connectivity index (χ3v) is 6.15. The van der Waals surface area contributed by atoms with Crippen molar-refractivity contribution in [2.45, 2.75) is 57.2 Å². The standard InChI is InChI=1S/C18H31N3O4.2ClH/c1-13-11-21(16(23)3-8-19-13)14(17(24)25-2)4-9-20-10-7-18(5-6-18)15(22)12-20;;/h13-15,19,22H,3-12H2,1-2H3;2*1H/t13-,14+,15-;;/m1../s1. The van der Waals surface area contributed by atoms with Crippen LogP contribution < -0.4 is 5.32 Å². The van der Waals surface area contributed by atoms with Crippen molar-refractivity contribution in [2.75, 3.05) is 39.8 Å². The highest BCUT2D eigenvalue weighted by Crippen LogP contribution is 2.53. The van der Waals surface area contributed by atoms with Gasteiger partial charge in [-0.25, -0.2) is 4.79 Å². The van der Waals surface area contributed by atoms with E-state index in [1.165, 1.54) is 7.11 Å². The number of β-amino-alcohol motifs (C(OH)–C–C–N with tert-alkyl or cyclic N) is 1. The second kappa shape index (κ2) is 10.3. The highest BCUT2D eigenvalue weighted by Gasteiger charge is 2.51. The lowest BCUT2D eigenvalue weighted by molar-refractivity contribution is -0.153. The van der Waals surface area contributed by atoms with Crippen LogP contribution in [0.3, 0.4) is 0 Å². The first-order valence-corrected chi connectivity index (χ1v) is 9.46. The predicted octanol–water partition coefficient (Wildman–Crippen LogP) is 0.819. The minimum absolute atomic E-state index is 0. The third kappa shape index (κ3) is 5.70. The van der Waals surface area contributed by atoms with Gasteiger partial charge >= 0.3 is 5.97 Å². The van der Waals surface area contributed by atoms with Gasteiger partial charge in [0.05, 0.1) is 13.2 Å². The maximum Gasteiger partial charge on any atom is 0.328 e. The minimum Gasteiger partial charge on any atom is -0.467 e. The van der Waals surface area contributed by atoms with E-state index in [0.29, 0.717) is 39.0 Å². The van der Waals surface area contributed by atoms with E-state index in [0.717, 1.165) is 25.8 Å². The molecule has 0 aromatic carbocycles. The number of likely N-dealkylation sites (tertiary alicyclic amines) is 1. The molecule has 1 saturated carbocycles. The maximum absolute atomic E-state index is 12.4. The van der Waals surface area contributed by atoms with Crippen LogP contribution in [0.4, 0.5) is 0 Å². The van der Waals surface area contributed by atoms with E-state index in [2.05, 4.69) is 10.2 Å². The second-order valence-corrected chi connectivity index (χ2v) is 7.91. The number of aliphatic hydroxyl groups excluding tert-OH is 1. The van der Waals surface area contributed by atoms with Crippen molar-refractivity contribution in [3.63, 3.8) is 0 Å². The Kier molecular flexibility index (Phi) is 9.28. The summed E-state index contributed by atoms with van der Waals surface area (Å²) in [6.45, 7) is 5.50. The molecule has 3 fully saturated rings. The van der Waals surface area contributed by atoms with Gasteiger partial charge in [0.15, 0.2) is 0 Å². The summed E-state index contributed by atoms with van der Waals surface area (Å²) in [7, 11) is 1.38. The number of halogens is 2. The summed E-state index contributed by atoms with van der Waals surface area (Å²) >= 11 is 0. The van der Waals surface area contributed by atoms with E-state index in [9.17, 15) is 14.7 Å². The van der Waals surface area contributed by atoms with Gasteiger partial charge in [0.25, 0.3) is 0 Å². The van der Waals surface area contributed by atoms with Gasteiger partial charge in [-0.15, -0.1) is 24.8 Å². The van der Waals surface area contributed by atoms with Crippen molar-refractivity contribution >= 4 is 36.7 Å². The number of carbonyl (C=O) groups is 2. The van der Waals surface area contributed by atoms with Gasteiger partial charge in [-0.3, -0.25) is 4.79 Å². The minimum atomic E-state index is -0.547. The van der Waals surface area contributed by atoms with E-state index >= 15 is 0 Å². The lowest BCUT2D eigenvalue weighted by Gasteiger charge is -2.37. The number of amides is 1. The van der Waals surface area contributed by atoms with Gasteiger partial charge in [0.1, 0.15) is 6.04 Å². The molecular formula is C18H33Cl2N3O4.